The van der Waals surface area contributed by atoms with Gasteiger partial charge in [0.25, 0.3) is 0 Å². The molecule has 0 aliphatic carbocycles. The predicted molar refractivity (Wildman–Crippen MR) is 63.2 cm³/mol. The topological polar surface area (TPSA) is 41.1 Å². The lowest BCUT2D eigenvalue weighted by molar-refractivity contribution is -0.116. The second kappa shape index (κ2) is 6.43. The van der Waals surface area contributed by atoms with Crippen molar-refractivity contribution in [1.29, 1.82) is 0 Å². The van der Waals surface area contributed by atoms with Gasteiger partial charge in [0.15, 0.2) is 0 Å². The van der Waals surface area contributed by atoms with Crippen LogP contribution in [-0.2, 0) is 4.79 Å². The highest BCUT2D eigenvalue weighted by atomic mass is 35.5. The van der Waals surface area contributed by atoms with Crippen molar-refractivity contribution in [1.82, 2.24) is 5.32 Å². The fourth-order valence-electron chi connectivity index (χ4n) is 1.14. The summed E-state index contributed by atoms with van der Waals surface area (Å²) < 4.78 is 0. The number of amides is 1. The number of carbonyl (C=O) groups is 1. The van der Waals surface area contributed by atoms with Gasteiger partial charge in [-0.25, -0.2) is 0 Å². The van der Waals surface area contributed by atoms with Crippen LogP contribution in [0.15, 0.2) is 24.3 Å². The van der Waals surface area contributed by atoms with Crippen LogP contribution in [0.2, 0.25) is 5.02 Å². The smallest absolute Gasteiger partial charge is 0.225 e. The van der Waals surface area contributed by atoms with E-state index >= 15 is 0 Å². The molecule has 1 aromatic carbocycles. The largest absolute Gasteiger partial charge is 0.326 e. The average molecular weight is 227 g/mol. The maximum Gasteiger partial charge on any atom is 0.225 e. The minimum atomic E-state index is 0.0123. The standard InChI is InChI=1S/C11H15ClN2O/c1-2-13-8-7-11(15)14-10-5-3-9(12)4-6-10/h3-6,13H,2,7-8H2,1H3,(H,14,15). The third-order valence-electron chi connectivity index (χ3n) is 1.91. The first-order chi connectivity index (χ1) is 7.22. The molecule has 0 aliphatic heterocycles. The highest BCUT2D eigenvalue weighted by Gasteiger charge is 2.00. The first-order valence-corrected chi connectivity index (χ1v) is 5.36. The van der Waals surface area contributed by atoms with E-state index < -0.39 is 0 Å². The summed E-state index contributed by atoms with van der Waals surface area (Å²) in [7, 11) is 0. The van der Waals surface area contributed by atoms with Crippen LogP contribution in [0.3, 0.4) is 0 Å². The first kappa shape index (κ1) is 12.0. The fourth-order valence-corrected chi connectivity index (χ4v) is 1.26. The van der Waals surface area contributed by atoms with Crippen molar-refractivity contribution in [2.24, 2.45) is 0 Å². The Hall–Kier alpha value is -1.06. The van der Waals surface area contributed by atoms with Gasteiger partial charge < -0.3 is 10.6 Å². The summed E-state index contributed by atoms with van der Waals surface area (Å²) in [6, 6.07) is 7.07. The van der Waals surface area contributed by atoms with Crippen LogP contribution >= 0.6 is 11.6 Å². The molecule has 1 rings (SSSR count). The van der Waals surface area contributed by atoms with Crippen LogP contribution < -0.4 is 10.6 Å². The molecule has 2 N–H and O–H groups in total. The summed E-state index contributed by atoms with van der Waals surface area (Å²) in [5.74, 6) is 0.0123. The zero-order chi connectivity index (χ0) is 11.1. The van der Waals surface area contributed by atoms with E-state index in [4.69, 9.17) is 11.6 Å². The number of nitrogens with one attached hydrogen (secondary N) is 2. The van der Waals surface area contributed by atoms with Crippen molar-refractivity contribution >= 4 is 23.2 Å². The quantitative estimate of drug-likeness (QED) is 0.757. The highest BCUT2D eigenvalue weighted by molar-refractivity contribution is 6.30. The van der Waals surface area contributed by atoms with Crippen molar-refractivity contribution in [3.8, 4) is 0 Å². The molecule has 0 radical (unpaired) electrons. The van der Waals surface area contributed by atoms with Crippen LogP contribution in [0.5, 0.6) is 0 Å². The Morgan fingerprint density at radius 3 is 2.60 bits per heavy atom. The molecular formula is C11H15ClN2O. The fraction of sp³-hybridized carbons (Fsp3) is 0.364. The molecule has 0 spiro atoms. The van der Waals surface area contributed by atoms with E-state index in [1.54, 1.807) is 24.3 Å². The van der Waals surface area contributed by atoms with E-state index in [1.165, 1.54) is 0 Å². The molecule has 4 heteroatoms. The Morgan fingerprint density at radius 1 is 1.33 bits per heavy atom. The van der Waals surface area contributed by atoms with E-state index in [1.807, 2.05) is 6.92 Å². The first-order valence-electron chi connectivity index (χ1n) is 4.98. The predicted octanol–water partition coefficient (Wildman–Crippen LogP) is 2.28. The molecule has 0 saturated heterocycles. The van der Waals surface area contributed by atoms with Crippen molar-refractivity contribution in [2.75, 3.05) is 18.4 Å². The van der Waals surface area contributed by atoms with Gasteiger partial charge in [0.05, 0.1) is 0 Å². The maximum absolute atomic E-state index is 11.4. The van der Waals surface area contributed by atoms with Crippen molar-refractivity contribution in [3.63, 3.8) is 0 Å². The molecule has 15 heavy (non-hydrogen) atoms. The molecule has 0 fully saturated rings. The van der Waals surface area contributed by atoms with E-state index in [9.17, 15) is 4.79 Å². The summed E-state index contributed by atoms with van der Waals surface area (Å²) in [6.45, 7) is 3.60. The second-order valence-corrected chi connectivity index (χ2v) is 3.60. The monoisotopic (exact) mass is 226 g/mol. The van der Waals surface area contributed by atoms with Gasteiger partial charge in [-0.15, -0.1) is 0 Å². The Bertz CT molecular complexity index is 311. The van der Waals surface area contributed by atoms with E-state index in [0.717, 1.165) is 12.2 Å². The summed E-state index contributed by atoms with van der Waals surface area (Å²) in [4.78, 5) is 11.4. The normalized spacial score (nSPS) is 10.0. The van der Waals surface area contributed by atoms with Gasteiger partial charge in [0, 0.05) is 23.7 Å². The minimum absolute atomic E-state index is 0.0123. The number of anilines is 1. The molecule has 1 aromatic rings. The average Bonchev–Trinajstić information content (AvgIpc) is 2.22. The van der Waals surface area contributed by atoms with Crippen LogP contribution in [0.1, 0.15) is 13.3 Å². The molecule has 0 saturated carbocycles. The Balaban J connectivity index is 2.34. The molecule has 0 aromatic heterocycles. The van der Waals surface area contributed by atoms with Crippen molar-refractivity contribution < 1.29 is 4.79 Å². The second-order valence-electron chi connectivity index (χ2n) is 3.16. The number of hydrogen-bond donors (Lipinski definition) is 2. The maximum atomic E-state index is 11.4. The van der Waals surface area contributed by atoms with Crippen LogP contribution in [0, 0.1) is 0 Å². The molecule has 3 nitrogen and oxygen atoms in total. The minimum Gasteiger partial charge on any atom is -0.326 e. The molecule has 1 amide bonds. The zero-order valence-electron chi connectivity index (χ0n) is 8.72. The van der Waals surface area contributed by atoms with Gasteiger partial charge >= 0.3 is 0 Å². The van der Waals surface area contributed by atoms with Gasteiger partial charge in [-0.05, 0) is 30.8 Å². The van der Waals surface area contributed by atoms with Crippen LogP contribution in [0.25, 0.3) is 0 Å². The van der Waals surface area contributed by atoms with Gasteiger partial charge in [-0.2, -0.15) is 0 Å². The summed E-state index contributed by atoms with van der Waals surface area (Å²) in [5.41, 5.74) is 0.779. The number of carbonyl (C=O) groups excluding carboxylic acids is 1. The van der Waals surface area contributed by atoms with Crippen molar-refractivity contribution in [2.45, 2.75) is 13.3 Å². The third kappa shape index (κ3) is 4.81. The van der Waals surface area contributed by atoms with Crippen LogP contribution in [-0.4, -0.2) is 19.0 Å². The van der Waals surface area contributed by atoms with E-state index in [0.29, 0.717) is 18.0 Å². The Kier molecular flexibility index (Phi) is 5.15. The Labute approximate surface area is 94.8 Å². The molecule has 0 bridgehead atoms. The van der Waals surface area contributed by atoms with Gasteiger partial charge in [-0.1, -0.05) is 18.5 Å². The van der Waals surface area contributed by atoms with Gasteiger partial charge in [0.2, 0.25) is 5.91 Å². The van der Waals surface area contributed by atoms with Gasteiger partial charge in [0.1, 0.15) is 0 Å². The SMILES string of the molecule is CCNCCC(=O)Nc1ccc(Cl)cc1. The van der Waals surface area contributed by atoms with Crippen molar-refractivity contribution in [3.05, 3.63) is 29.3 Å². The number of rotatable bonds is 5. The summed E-state index contributed by atoms with van der Waals surface area (Å²) >= 11 is 5.73. The molecular weight excluding hydrogens is 212 g/mol. The molecule has 0 heterocycles. The summed E-state index contributed by atoms with van der Waals surface area (Å²) in [6.07, 6.45) is 0.483. The molecule has 0 atom stereocenters. The molecule has 0 unspecified atom stereocenters. The summed E-state index contributed by atoms with van der Waals surface area (Å²) in [5, 5.41) is 6.55. The highest BCUT2D eigenvalue weighted by Crippen LogP contribution is 2.13. The third-order valence-corrected chi connectivity index (χ3v) is 2.16. The van der Waals surface area contributed by atoms with Gasteiger partial charge in [-0.3, -0.25) is 4.79 Å². The molecule has 82 valence electrons. The lowest BCUT2D eigenvalue weighted by Crippen LogP contribution is -2.21. The lowest BCUT2D eigenvalue weighted by Gasteiger charge is -2.05. The van der Waals surface area contributed by atoms with E-state index in [2.05, 4.69) is 10.6 Å². The van der Waals surface area contributed by atoms with Crippen LogP contribution in [0.4, 0.5) is 5.69 Å². The lowest BCUT2D eigenvalue weighted by atomic mass is 10.3. The van der Waals surface area contributed by atoms with E-state index in [-0.39, 0.29) is 5.91 Å². The number of hydrogen-bond acceptors (Lipinski definition) is 2. The number of benzene rings is 1. The Morgan fingerprint density at radius 2 is 2.00 bits per heavy atom. The number of halogens is 1. The zero-order valence-corrected chi connectivity index (χ0v) is 9.47. The molecule has 0 aliphatic rings.